The molecule has 0 amide bonds. The Morgan fingerprint density at radius 1 is 2.00 bits per heavy atom. The fraction of sp³-hybridized carbons (Fsp3) is 0.500. The molecule has 0 aromatic heterocycles. The molecule has 0 aliphatic heterocycles. The monoisotopic (exact) mass is 84.0 g/mol. The first-order chi connectivity index (χ1) is 2.77. The van der Waals surface area contributed by atoms with E-state index < -0.39 is 0 Å². The summed E-state index contributed by atoms with van der Waals surface area (Å²) in [5.41, 5.74) is 0. The average Bonchev–Trinajstić information content (AvgIpc) is 1.35. The number of carbonyl (C=O) groups is 1. The van der Waals surface area contributed by atoms with Crippen LogP contribution in [0.4, 0.5) is 0 Å². The van der Waals surface area contributed by atoms with E-state index in [1.54, 1.807) is 0 Å². The van der Waals surface area contributed by atoms with Gasteiger partial charge in [-0.3, -0.25) is 4.79 Å². The lowest BCUT2D eigenvalue weighted by molar-refractivity contribution is -0.115. The van der Waals surface area contributed by atoms with Gasteiger partial charge in [-0.1, -0.05) is 4.85 Å². The second-order valence-corrected chi connectivity index (χ2v) is 1.04. The predicted molar refractivity (Wildman–Crippen MR) is 23.9 cm³/mol. The number of Topliss-reactive ketones (excluding diaryl/α,β-unsaturated/α-hetero) is 1. The van der Waals surface area contributed by atoms with Crippen LogP contribution in [-0.2, 0) is 4.79 Å². The maximum atomic E-state index is 9.87. The molecular weight excluding hydrogens is 78.0 g/mol. The summed E-state index contributed by atoms with van der Waals surface area (Å²) >= 11 is 0. The Bertz CT molecular complexity index is 90.2. The highest BCUT2D eigenvalue weighted by atomic mass is 16.1. The highest BCUT2D eigenvalue weighted by Gasteiger charge is 1.92. The van der Waals surface area contributed by atoms with Crippen molar-refractivity contribution < 1.29 is 4.79 Å². The Balaban J connectivity index is 3.13. The molecule has 2 heteroatoms. The molecule has 0 aliphatic carbocycles. The minimum absolute atomic E-state index is 0.00231. The summed E-state index contributed by atoms with van der Waals surface area (Å²) in [7, 11) is 0. The summed E-state index contributed by atoms with van der Waals surface area (Å²) < 4.78 is 0. The molecule has 0 spiro atoms. The Labute approximate surface area is 36.6 Å². The smallest absolute Gasteiger partial charge is 0.291 e. The fourth-order valence-corrected chi connectivity index (χ4v) is 0.129. The van der Waals surface area contributed by atoms with Crippen LogP contribution in [0.5, 0.6) is 0 Å². The van der Waals surface area contributed by atoms with Crippen LogP contribution in [0.15, 0.2) is 0 Å². The van der Waals surface area contributed by atoms with Gasteiger partial charge in [0.2, 0.25) is 5.78 Å². The van der Waals surface area contributed by atoms with E-state index in [4.69, 9.17) is 0 Å². The van der Waals surface area contributed by atoms with Gasteiger partial charge in [0.1, 0.15) is 0 Å². The highest BCUT2D eigenvalue weighted by Crippen LogP contribution is 1.66. The van der Waals surface area contributed by atoms with Gasteiger partial charge in [0, 0.05) is 6.92 Å². The molecule has 0 aromatic carbocycles. The molecule has 2 nitrogen and oxygen atoms in total. The lowest BCUT2D eigenvalue weighted by Gasteiger charge is -1.62. The molecule has 0 atom stereocenters. The van der Waals surface area contributed by atoms with Gasteiger partial charge in [-0.25, -0.2) is 0 Å². The average molecular weight is 84.1 g/mol. The van der Waals surface area contributed by atoms with Crippen molar-refractivity contribution in [3.63, 3.8) is 0 Å². The zero-order valence-electron chi connectivity index (χ0n) is 3.64. The molecule has 0 unspecified atom stereocenters. The van der Waals surface area contributed by atoms with Crippen molar-refractivity contribution in [1.82, 2.24) is 0 Å². The molecule has 0 heterocycles. The van der Waals surface area contributed by atoms with Crippen molar-refractivity contribution in [2.75, 3.05) is 6.54 Å². The van der Waals surface area contributed by atoms with E-state index in [1.807, 2.05) is 0 Å². The van der Waals surface area contributed by atoms with Gasteiger partial charge in [0.25, 0.3) is 6.57 Å². The SMILES string of the molecule is C#[N+]CC(C)=O. The minimum atomic E-state index is -0.00231. The van der Waals surface area contributed by atoms with Crippen molar-refractivity contribution in [2.24, 2.45) is 0 Å². The number of hydrogen-bond donors (Lipinski definition) is 0. The Kier molecular flexibility index (Phi) is 2.06. The third-order valence-electron chi connectivity index (χ3n) is 0.314. The molecule has 0 aromatic rings. The Morgan fingerprint density at radius 2 is 2.50 bits per heavy atom. The van der Waals surface area contributed by atoms with Crippen LogP contribution in [0.1, 0.15) is 6.92 Å². The maximum Gasteiger partial charge on any atom is 0.320 e. The molecule has 0 fully saturated rings. The van der Waals surface area contributed by atoms with Crippen molar-refractivity contribution in [3.8, 4) is 6.57 Å². The second kappa shape index (κ2) is 2.40. The first kappa shape index (κ1) is 5.16. The quantitative estimate of drug-likeness (QED) is 0.454. The molecular formula is C4H6NO+. The zero-order valence-corrected chi connectivity index (χ0v) is 3.64. The lowest BCUT2D eigenvalue weighted by atomic mass is 10.5. The van der Waals surface area contributed by atoms with Crippen LogP contribution >= 0.6 is 0 Å². The normalized spacial score (nSPS) is 6.67. The number of ketones is 1. The Hall–Kier alpha value is -0.840. The van der Waals surface area contributed by atoms with Crippen LogP contribution in [0.3, 0.4) is 0 Å². The van der Waals surface area contributed by atoms with Gasteiger partial charge in [-0.15, -0.1) is 0 Å². The van der Waals surface area contributed by atoms with Crippen molar-refractivity contribution in [1.29, 1.82) is 0 Å². The number of hydrogen-bond acceptors (Lipinski definition) is 1. The third-order valence-corrected chi connectivity index (χ3v) is 0.314. The van der Waals surface area contributed by atoms with E-state index >= 15 is 0 Å². The second-order valence-electron chi connectivity index (χ2n) is 1.04. The zero-order chi connectivity index (χ0) is 4.99. The van der Waals surface area contributed by atoms with Gasteiger partial charge in [-0.05, 0) is 0 Å². The minimum Gasteiger partial charge on any atom is -0.291 e. The van der Waals surface area contributed by atoms with Crippen molar-refractivity contribution >= 4 is 5.78 Å². The summed E-state index contributed by atoms with van der Waals surface area (Å²) in [6.07, 6.45) is 0. The van der Waals surface area contributed by atoms with Gasteiger partial charge < -0.3 is 0 Å². The summed E-state index contributed by atoms with van der Waals surface area (Å²) in [6, 6.07) is 0. The number of carbonyl (C=O) groups excluding carboxylic acids is 1. The highest BCUT2D eigenvalue weighted by molar-refractivity contribution is 5.79. The molecule has 0 saturated carbocycles. The van der Waals surface area contributed by atoms with Gasteiger partial charge in [0.15, 0.2) is 0 Å². The molecule has 0 aliphatic rings. The van der Waals surface area contributed by atoms with E-state index in [0.717, 1.165) is 0 Å². The predicted octanol–water partition coefficient (Wildman–Crippen LogP) is 0.538. The van der Waals surface area contributed by atoms with Gasteiger partial charge in [-0.2, -0.15) is 0 Å². The largest absolute Gasteiger partial charge is 0.320 e. The summed E-state index contributed by atoms with van der Waals surface area (Å²) in [4.78, 5) is 13.0. The third kappa shape index (κ3) is 3.16. The van der Waals surface area contributed by atoms with Crippen LogP contribution in [0.2, 0.25) is 0 Å². The van der Waals surface area contributed by atoms with Gasteiger partial charge in [0.05, 0.1) is 0 Å². The lowest BCUT2D eigenvalue weighted by Crippen LogP contribution is -1.89. The van der Waals surface area contributed by atoms with E-state index in [2.05, 4.69) is 11.4 Å². The van der Waals surface area contributed by atoms with Crippen LogP contribution in [0.25, 0.3) is 4.85 Å². The van der Waals surface area contributed by atoms with Crippen LogP contribution in [0, 0.1) is 6.57 Å². The summed E-state index contributed by atoms with van der Waals surface area (Å²) in [5.74, 6) is -0.00231. The van der Waals surface area contributed by atoms with E-state index in [0.29, 0.717) is 0 Å². The first-order valence-electron chi connectivity index (χ1n) is 1.63. The van der Waals surface area contributed by atoms with Crippen molar-refractivity contribution in [3.05, 3.63) is 4.85 Å². The molecule has 0 rings (SSSR count). The molecule has 6 heavy (non-hydrogen) atoms. The van der Waals surface area contributed by atoms with E-state index in [-0.39, 0.29) is 12.3 Å². The molecule has 32 valence electrons. The summed E-state index contributed by atoms with van der Waals surface area (Å²) in [6.45, 7) is 6.21. The molecule has 0 saturated heterocycles. The number of nitrogens with zero attached hydrogens (tertiary/aromatic N) is 1. The van der Waals surface area contributed by atoms with E-state index in [9.17, 15) is 4.79 Å². The maximum absolute atomic E-state index is 9.87. The van der Waals surface area contributed by atoms with Crippen LogP contribution in [-0.4, -0.2) is 12.3 Å². The molecule has 0 radical (unpaired) electrons. The standard InChI is InChI=1S/C4H6NO/c1-4(6)3-5-2/h2H,3H2,1H3/q+1. The summed E-state index contributed by atoms with van der Waals surface area (Å²) in [5, 5.41) is 0. The fourth-order valence-electron chi connectivity index (χ4n) is 0.129. The molecule has 0 bridgehead atoms. The van der Waals surface area contributed by atoms with Crippen molar-refractivity contribution in [2.45, 2.75) is 6.92 Å². The first-order valence-corrected chi connectivity index (χ1v) is 1.63. The van der Waals surface area contributed by atoms with Crippen LogP contribution < -0.4 is 0 Å². The van der Waals surface area contributed by atoms with Gasteiger partial charge >= 0.3 is 6.54 Å². The topological polar surface area (TPSA) is 21.4 Å². The van der Waals surface area contributed by atoms with E-state index in [1.165, 1.54) is 6.92 Å². The molecule has 0 N–H and O–H groups in total. The number of rotatable bonds is 1. The Morgan fingerprint density at radius 3 is 2.50 bits per heavy atom.